The van der Waals surface area contributed by atoms with E-state index in [1.807, 2.05) is 47.2 Å². The fourth-order valence-electron chi connectivity index (χ4n) is 4.12. The predicted octanol–water partition coefficient (Wildman–Crippen LogP) is 3.15. The van der Waals surface area contributed by atoms with Crippen molar-refractivity contribution >= 4 is 38.1 Å². The summed E-state index contributed by atoms with van der Waals surface area (Å²) in [5, 5.41) is 4.88. The van der Waals surface area contributed by atoms with Crippen molar-refractivity contribution in [1.29, 1.82) is 0 Å². The molecule has 10 heteroatoms. The Morgan fingerprint density at radius 2 is 2.06 bits per heavy atom. The number of pyridine rings is 2. The van der Waals surface area contributed by atoms with Crippen molar-refractivity contribution in [2.24, 2.45) is 0 Å². The van der Waals surface area contributed by atoms with Crippen LogP contribution in [0, 0.1) is 6.92 Å². The van der Waals surface area contributed by atoms with Gasteiger partial charge < -0.3 is 9.88 Å². The maximum Gasteiger partial charge on any atom is 0.272 e. The minimum Gasteiger partial charge on any atom is -0.347 e. The lowest BCUT2D eigenvalue weighted by Gasteiger charge is -2.14. The van der Waals surface area contributed by atoms with Crippen LogP contribution in [-0.4, -0.2) is 45.3 Å². The van der Waals surface area contributed by atoms with Gasteiger partial charge in [0.1, 0.15) is 11.3 Å². The van der Waals surface area contributed by atoms with E-state index in [9.17, 15) is 13.2 Å². The zero-order chi connectivity index (χ0) is 22.3. The Balaban J connectivity index is 1.60. The molecule has 5 heterocycles. The van der Waals surface area contributed by atoms with Crippen LogP contribution in [-0.2, 0) is 16.4 Å². The third-order valence-corrected chi connectivity index (χ3v) is 8.26. The van der Waals surface area contributed by atoms with E-state index in [1.165, 1.54) is 11.3 Å². The molecule has 0 saturated carbocycles. The normalized spacial score (nSPS) is 17.6. The molecule has 1 fully saturated rings. The molecule has 1 aliphatic heterocycles. The van der Waals surface area contributed by atoms with Crippen LogP contribution in [0.25, 0.3) is 21.6 Å². The molecule has 32 heavy (non-hydrogen) atoms. The van der Waals surface area contributed by atoms with Gasteiger partial charge in [-0.2, -0.15) is 0 Å². The number of nitrogens with one attached hydrogen (secondary N) is 1. The van der Waals surface area contributed by atoms with Crippen LogP contribution in [0.3, 0.4) is 0 Å². The highest BCUT2D eigenvalue weighted by atomic mass is 32.2. The number of carbonyl (C=O) groups excluding carboxylic acids is 1. The van der Waals surface area contributed by atoms with E-state index in [-0.39, 0.29) is 29.1 Å². The molecular weight excluding hydrogens is 446 g/mol. The molecule has 0 aromatic carbocycles. The molecule has 8 nitrogen and oxygen atoms in total. The van der Waals surface area contributed by atoms with Crippen molar-refractivity contribution in [1.82, 2.24) is 24.8 Å². The fourth-order valence-corrected chi connectivity index (χ4v) is 6.51. The highest BCUT2D eigenvalue weighted by molar-refractivity contribution is 7.91. The minimum atomic E-state index is -3.07. The number of thiophene rings is 1. The predicted molar refractivity (Wildman–Crippen MR) is 123 cm³/mol. The number of nitrogens with zero attached hydrogens (tertiary/aromatic N) is 4. The van der Waals surface area contributed by atoms with Crippen LogP contribution in [0.1, 0.15) is 34.3 Å². The van der Waals surface area contributed by atoms with Gasteiger partial charge in [-0.15, -0.1) is 11.3 Å². The highest BCUT2D eigenvalue weighted by Gasteiger charge is 2.32. The lowest BCUT2D eigenvalue weighted by atomic mass is 10.2. The lowest BCUT2D eigenvalue weighted by molar-refractivity contribution is 0.0947. The number of imidazole rings is 1. The minimum absolute atomic E-state index is 0.0829. The van der Waals surface area contributed by atoms with Crippen LogP contribution >= 0.6 is 11.3 Å². The summed E-state index contributed by atoms with van der Waals surface area (Å²) in [7, 11) is -3.07. The van der Waals surface area contributed by atoms with E-state index in [0.29, 0.717) is 30.0 Å². The third-order valence-electron chi connectivity index (χ3n) is 5.62. The first-order chi connectivity index (χ1) is 15.4. The van der Waals surface area contributed by atoms with Gasteiger partial charge in [-0.25, -0.2) is 18.4 Å². The summed E-state index contributed by atoms with van der Waals surface area (Å²) >= 11 is 1.53. The van der Waals surface area contributed by atoms with Crippen LogP contribution in [0.15, 0.2) is 48.1 Å². The summed E-state index contributed by atoms with van der Waals surface area (Å²) in [5.74, 6) is 0.600. The molecule has 1 amide bonds. The number of aromatic nitrogens is 4. The molecule has 0 radical (unpaired) electrons. The summed E-state index contributed by atoms with van der Waals surface area (Å²) in [6.07, 6.45) is 3.89. The van der Waals surface area contributed by atoms with E-state index >= 15 is 0 Å². The number of fused-ring (bicyclic) bond motifs is 1. The number of rotatable bonds is 5. The first-order valence-electron chi connectivity index (χ1n) is 10.2. The van der Waals surface area contributed by atoms with Crippen LogP contribution in [0.5, 0.6) is 0 Å². The number of hydrogen-bond donors (Lipinski definition) is 1. The van der Waals surface area contributed by atoms with Crippen LogP contribution < -0.4 is 5.32 Å². The van der Waals surface area contributed by atoms with Gasteiger partial charge in [0.2, 0.25) is 0 Å². The van der Waals surface area contributed by atoms with Crippen molar-refractivity contribution in [2.75, 3.05) is 11.5 Å². The Morgan fingerprint density at radius 1 is 1.25 bits per heavy atom. The van der Waals surface area contributed by atoms with Gasteiger partial charge in [-0.05, 0) is 48.6 Å². The topological polar surface area (TPSA) is 107 Å². The lowest BCUT2D eigenvalue weighted by Crippen LogP contribution is -2.24. The van der Waals surface area contributed by atoms with Crippen molar-refractivity contribution in [3.05, 3.63) is 65.2 Å². The Bertz CT molecular complexity index is 1400. The molecule has 0 bridgehead atoms. The maximum atomic E-state index is 13.2. The average Bonchev–Trinajstić information content (AvgIpc) is 3.50. The Hall–Kier alpha value is -3.11. The number of amides is 1. The number of aryl methyl sites for hydroxylation is 1. The zero-order valence-electron chi connectivity index (χ0n) is 17.4. The highest BCUT2D eigenvalue weighted by Crippen LogP contribution is 2.33. The summed E-state index contributed by atoms with van der Waals surface area (Å²) in [6, 6.07) is 9.27. The number of sulfone groups is 1. The van der Waals surface area contributed by atoms with E-state index < -0.39 is 9.84 Å². The fraction of sp³-hybridized carbons (Fsp3) is 0.273. The molecule has 4 aromatic heterocycles. The van der Waals surface area contributed by atoms with E-state index in [2.05, 4.69) is 20.3 Å². The first-order valence-corrected chi connectivity index (χ1v) is 12.9. The average molecular weight is 468 g/mol. The largest absolute Gasteiger partial charge is 0.347 e. The summed E-state index contributed by atoms with van der Waals surface area (Å²) in [6.45, 7) is 2.18. The van der Waals surface area contributed by atoms with Gasteiger partial charge >= 0.3 is 0 Å². The molecule has 1 N–H and O–H groups in total. The SMILES string of the molecule is Cc1nc2c(C(=O)NCc3ccncc3)nc(-c3cccs3)cc2n1C1CCS(=O)(=O)C1. The summed E-state index contributed by atoms with van der Waals surface area (Å²) < 4.78 is 26.2. The van der Waals surface area contributed by atoms with E-state index in [0.717, 1.165) is 16.0 Å². The molecule has 1 atom stereocenters. The molecule has 164 valence electrons. The molecule has 0 aliphatic carbocycles. The van der Waals surface area contributed by atoms with Crippen LogP contribution in [0.4, 0.5) is 0 Å². The second-order valence-electron chi connectivity index (χ2n) is 7.83. The monoisotopic (exact) mass is 467 g/mol. The van der Waals surface area contributed by atoms with Crippen molar-refractivity contribution in [3.63, 3.8) is 0 Å². The molecule has 1 saturated heterocycles. The molecule has 1 unspecified atom stereocenters. The van der Waals surface area contributed by atoms with Crippen molar-refractivity contribution < 1.29 is 13.2 Å². The number of hydrogen-bond acceptors (Lipinski definition) is 7. The second kappa shape index (κ2) is 8.10. The number of carbonyl (C=O) groups is 1. The van der Waals surface area contributed by atoms with Gasteiger partial charge in [0.05, 0.1) is 33.6 Å². The Morgan fingerprint density at radius 3 is 2.75 bits per heavy atom. The molecule has 0 spiro atoms. The Labute approximate surface area is 189 Å². The first kappa shape index (κ1) is 20.8. The molecule has 5 rings (SSSR count). The van der Waals surface area contributed by atoms with E-state index in [1.54, 1.807) is 12.4 Å². The smallest absolute Gasteiger partial charge is 0.272 e. The summed E-state index contributed by atoms with van der Waals surface area (Å²) in [5.41, 5.74) is 3.06. The van der Waals surface area contributed by atoms with Gasteiger partial charge in [-0.1, -0.05) is 6.07 Å². The standard InChI is InChI=1S/C22H21N5O3S2/c1-14-25-20-18(27(14)16-6-10-32(29,30)13-16)11-17(19-3-2-9-31-19)26-21(20)22(28)24-12-15-4-7-23-8-5-15/h2-5,7-9,11,16H,6,10,12-13H2,1H3,(H,24,28). The molecular formula is C22H21N5O3S2. The van der Waals surface area contributed by atoms with Crippen molar-refractivity contribution in [2.45, 2.75) is 25.9 Å². The van der Waals surface area contributed by atoms with Gasteiger partial charge in [-0.3, -0.25) is 9.78 Å². The van der Waals surface area contributed by atoms with Gasteiger partial charge in [0, 0.05) is 18.9 Å². The molecule has 1 aliphatic rings. The van der Waals surface area contributed by atoms with Gasteiger partial charge in [0.15, 0.2) is 15.5 Å². The second-order valence-corrected chi connectivity index (χ2v) is 11.0. The summed E-state index contributed by atoms with van der Waals surface area (Å²) in [4.78, 5) is 27.4. The van der Waals surface area contributed by atoms with E-state index in [4.69, 9.17) is 0 Å². The third kappa shape index (κ3) is 3.91. The van der Waals surface area contributed by atoms with Crippen LogP contribution in [0.2, 0.25) is 0 Å². The van der Waals surface area contributed by atoms with Gasteiger partial charge in [0.25, 0.3) is 5.91 Å². The maximum absolute atomic E-state index is 13.2. The van der Waals surface area contributed by atoms with Crippen molar-refractivity contribution in [3.8, 4) is 10.6 Å². The molecule has 4 aromatic rings. The Kier molecular flexibility index (Phi) is 5.26. The quantitative estimate of drug-likeness (QED) is 0.483. The zero-order valence-corrected chi connectivity index (χ0v) is 19.0.